The van der Waals surface area contributed by atoms with E-state index in [0.29, 0.717) is 49.8 Å². The highest BCUT2D eigenvalue weighted by Gasteiger charge is 2.25. The monoisotopic (exact) mass is 458 g/mol. The Balaban J connectivity index is 1.68. The second-order valence-corrected chi connectivity index (χ2v) is 10.6. The molecule has 1 saturated heterocycles. The normalized spacial score (nSPS) is 14.7. The third-order valence-corrected chi connectivity index (χ3v) is 8.28. The average Bonchev–Trinajstić information content (AvgIpc) is 3.21. The minimum Gasteiger partial charge on any atom is -0.378 e. The molecule has 1 fully saturated rings. The summed E-state index contributed by atoms with van der Waals surface area (Å²) >= 11 is 1.44. The maximum Gasteiger partial charge on any atom is 0.264 e. The van der Waals surface area contributed by atoms with Crippen LogP contribution in [0, 0.1) is 6.92 Å². The second kappa shape index (κ2) is 8.98. The van der Waals surface area contributed by atoms with Crippen LogP contribution in [-0.2, 0) is 14.8 Å². The number of benzene rings is 2. The molecule has 1 aliphatic heterocycles. The van der Waals surface area contributed by atoms with Crippen molar-refractivity contribution in [3.8, 4) is 0 Å². The maximum absolute atomic E-state index is 13.3. The van der Waals surface area contributed by atoms with Crippen LogP contribution in [0.5, 0.6) is 0 Å². The van der Waals surface area contributed by atoms with Gasteiger partial charge in [0.25, 0.3) is 15.9 Å². The minimum absolute atomic E-state index is 0.00346. The van der Waals surface area contributed by atoms with E-state index in [1.165, 1.54) is 15.6 Å². The van der Waals surface area contributed by atoms with Gasteiger partial charge in [0.1, 0.15) is 0 Å². The Morgan fingerprint density at radius 3 is 2.48 bits per heavy atom. The smallest absolute Gasteiger partial charge is 0.264 e. The van der Waals surface area contributed by atoms with Crippen molar-refractivity contribution in [2.75, 3.05) is 37.2 Å². The quantitative estimate of drug-likeness (QED) is 0.553. The summed E-state index contributed by atoms with van der Waals surface area (Å²) in [6.07, 6.45) is 0.688. The lowest BCUT2D eigenvalue weighted by molar-refractivity contribution is 0.0306. The van der Waals surface area contributed by atoms with E-state index in [-0.39, 0.29) is 10.8 Å². The Kier molecular flexibility index (Phi) is 6.31. The Bertz CT molecular complexity index is 1180. The van der Waals surface area contributed by atoms with Gasteiger partial charge in [0.15, 0.2) is 0 Å². The fourth-order valence-electron chi connectivity index (χ4n) is 3.64. The fraction of sp³-hybridized carbons (Fsp3) is 0.348. The molecule has 164 valence electrons. The van der Waals surface area contributed by atoms with Crippen molar-refractivity contribution in [1.29, 1.82) is 0 Å². The number of nitrogens with zero attached hydrogens (tertiary/aromatic N) is 2. The lowest BCUT2D eigenvalue weighted by atomic mass is 10.2. The number of rotatable bonds is 6. The third-order valence-electron chi connectivity index (χ3n) is 5.33. The van der Waals surface area contributed by atoms with E-state index in [1.54, 1.807) is 17.0 Å². The van der Waals surface area contributed by atoms with Crippen molar-refractivity contribution < 1.29 is 17.9 Å². The first-order chi connectivity index (χ1) is 14.9. The topological polar surface area (TPSA) is 66.9 Å². The van der Waals surface area contributed by atoms with E-state index in [4.69, 9.17) is 4.74 Å². The fourth-order valence-corrected chi connectivity index (χ4v) is 6.20. The number of hydrogen-bond acceptors (Lipinski definition) is 5. The summed E-state index contributed by atoms with van der Waals surface area (Å²) in [5.41, 5.74) is 1.62. The Morgan fingerprint density at radius 2 is 1.81 bits per heavy atom. The maximum atomic E-state index is 13.3. The Morgan fingerprint density at radius 1 is 1.10 bits per heavy atom. The molecule has 0 aliphatic carbocycles. The highest BCUT2D eigenvalue weighted by molar-refractivity contribution is 7.92. The third kappa shape index (κ3) is 4.46. The van der Waals surface area contributed by atoms with E-state index in [0.717, 1.165) is 15.6 Å². The van der Waals surface area contributed by atoms with Crippen molar-refractivity contribution in [2.24, 2.45) is 0 Å². The van der Waals surface area contributed by atoms with Crippen LogP contribution < -0.4 is 4.31 Å². The molecule has 0 N–H and O–H groups in total. The van der Waals surface area contributed by atoms with Gasteiger partial charge in [0.05, 0.1) is 28.7 Å². The zero-order valence-electron chi connectivity index (χ0n) is 17.7. The molecule has 3 aromatic rings. The van der Waals surface area contributed by atoms with E-state index in [9.17, 15) is 13.2 Å². The lowest BCUT2D eigenvalue weighted by Crippen LogP contribution is -2.40. The number of fused-ring (bicyclic) bond motifs is 1. The molecule has 4 rings (SSSR count). The zero-order chi connectivity index (χ0) is 22.0. The van der Waals surface area contributed by atoms with Gasteiger partial charge >= 0.3 is 0 Å². The summed E-state index contributed by atoms with van der Waals surface area (Å²) in [4.78, 5) is 15.6. The van der Waals surface area contributed by atoms with Crippen molar-refractivity contribution in [3.63, 3.8) is 0 Å². The summed E-state index contributed by atoms with van der Waals surface area (Å²) in [6.45, 7) is 6.58. The summed E-state index contributed by atoms with van der Waals surface area (Å²) < 4.78 is 34.4. The highest BCUT2D eigenvalue weighted by atomic mass is 32.2. The van der Waals surface area contributed by atoms with E-state index in [2.05, 4.69) is 0 Å². The van der Waals surface area contributed by atoms with E-state index < -0.39 is 10.0 Å². The largest absolute Gasteiger partial charge is 0.378 e. The number of aryl methyl sites for hydroxylation is 1. The number of ether oxygens (including phenoxy) is 1. The first kappa shape index (κ1) is 21.8. The van der Waals surface area contributed by atoms with Gasteiger partial charge in [-0.15, -0.1) is 11.3 Å². The Labute approximate surface area is 187 Å². The SMILES string of the molecule is CCCN(c1ccc2sc(C(=O)N3CCOCC3)cc2c1)S(=O)(=O)c1ccc(C)cc1. The Hall–Kier alpha value is -2.42. The second-order valence-electron chi connectivity index (χ2n) is 7.63. The molecule has 6 nitrogen and oxygen atoms in total. The lowest BCUT2D eigenvalue weighted by Gasteiger charge is -2.26. The van der Waals surface area contributed by atoms with Gasteiger partial charge < -0.3 is 9.64 Å². The van der Waals surface area contributed by atoms with Gasteiger partial charge in [-0.2, -0.15) is 0 Å². The molecule has 0 bridgehead atoms. The van der Waals surface area contributed by atoms with Crippen LogP contribution in [0.3, 0.4) is 0 Å². The first-order valence-corrected chi connectivity index (χ1v) is 12.7. The summed E-state index contributed by atoms with van der Waals surface area (Å²) in [6, 6.07) is 14.4. The molecule has 0 saturated carbocycles. The summed E-state index contributed by atoms with van der Waals surface area (Å²) in [7, 11) is -3.68. The number of thiophene rings is 1. The molecular formula is C23H26N2O4S2. The predicted octanol–water partition coefficient (Wildman–Crippen LogP) is 4.29. The van der Waals surface area contributed by atoms with Crippen molar-refractivity contribution in [1.82, 2.24) is 4.90 Å². The van der Waals surface area contributed by atoms with Crippen LogP contribution >= 0.6 is 11.3 Å². The summed E-state index contributed by atoms with van der Waals surface area (Å²) in [5, 5.41) is 0.874. The molecular weight excluding hydrogens is 432 g/mol. The number of morpholine rings is 1. The van der Waals surface area contributed by atoms with Crippen LogP contribution in [0.25, 0.3) is 10.1 Å². The molecule has 1 aliphatic rings. The number of hydrogen-bond donors (Lipinski definition) is 0. The molecule has 1 aromatic heterocycles. The standard InChI is InChI=1S/C23H26N2O4S2/c1-3-10-25(31(27,28)20-7-4-17(2)5-8-20)19-6-9-21-18(15-19)16-22(30-21)23(26)24-11-13-29-14-12-24/h4-9,15-16H,3,10-14H2,1-2H3. The van der Waals surface area contributed by atoms with E-state index >= 15 is 0 Å². The van der Waals surface area contributed by atoms with Gasteiger partial charge in [-0.1, -0.05) is 24.6 Å². The predicted molar refractivity (Wildman–Crippen MR) is 125 cm³/mol. The first-order valence-electron chi connectivity index (χ1n) is 10.4. The molecule has 0 atom stereocenters. The van der Waals surface area contributed by atoms with Crippen LogP contribution in [0.15, 0.2) is 53.4 Å². The molecule has 31 heavy (non-hydrogen) atoms. The molecule has 0 unspecified atom stereocenters. The molecule has 8 heteroatoms. The molecule has 2 heterocycles. The van der Waals surface area contributed by atoms with Crippen LogP contribution in [-0.4, -0.2) is 52.1 Å². The van der Waals surface area contributed by atoms with Gasteiger partial charge in [0, 0.05) is 24.3 Å². The number of carbonyl (C=O) groups is 1. The molecule has 2 aromatic carbocycles. The molecule has 1 amide bonds. The van der Waals surface area contributed by atoms with Gasteiger partial charge in [-0.05, 0) is 55.1 Å². The van der Waals surface area contributed by atoms with E-state index in [1.807, 2.05) is 50.2 Å². The number of carbonyl (C=O) groups excluding carboxylic acids is 1. The van der Waals surface area contributed by atoms with Crippen LogP contribution in [0.2, 0.25) is 0 Å². The average molecular weight is 459 g/mol. The van der Waals surface area contributed by atoms with Gasteiger partial charge in [-0.25, -0.2) is 8.42 Å². The van der Waals surface area contributed by atoms with Crippen LogP contribution in [0.1, 0.15) is 28.6 Å². The van der Waals surface area contributed by atoms with Gasteiger partial charge in [0.2, 0.25) is 0 Å². The number of amides is 1. The zero-order valence-corrected chi connectivity index (χ0v) is 19.3. The van der Waals surface area contributed by atoms with Gasteiger partial charge in [-0.3, -0.25) is 9.10 Å². The van der Waals surface area contributed by atoms with Crippen molar-refractivity contribution in [3.05, 3.63) is 59.0 Å². The van der Waals surface area contributed by atoms with Crippen LogP contribution in [0.4, 0.5) is 5.69 Å². The van der Waals surface area contributed by atoms with Crippen molar-refractivity contribution in [2.45, 2.75) is 25.2 Å². The summed E-state index contributed by atoms with van der Waals surface area (Å²) in [5.74, 6) is 0.00346. The van der Waals surface area contributed by atoms with Crippen molar-refractivity contribution >= 4 is 43.0 Å². The molecule has 0 radical (unpaired) electrons. The minimum atomic E-state index is -3.68. The number of anilines is 1. The highest BCUT2D eigenvalue weighted by Crippen LogP contribution is 2.32. The molecule has 0 spiro atoms. The number of sulfonamides is 1.